The van der Waals surface area contributed by atoms with E-state index in [1.165, 1.54) is 0 Å². The minimum absolute atomic E-state index is 0. The summed E-state index contributed by atoms with van der Waals surface area (Å²) in [5.41, 5.74) is 0. The fourth-order valence-corrected chi connectivity index (χ4v) is 0. The number of carbonyl (C=O) groups is 2. The third-order valence-electron chi connectivity index (χ3n) is 0.183. The van der Waals surface area contributed by atoms with Crippen molar-refractivity contribution in [3.63, 3.8) is 0 Å². The van der Waals surface area contributed by atoms with Crippen molar-refractivity contribution in [2.45, 2.75) is 0 Å². The molecule has 11 heteroatoms. The number of rotatable bonds is 0. The van der Waals surface area contributed by atoms with E-state index in [0.29, 0.717) is 0 Å². The molecule has 0 aliphatic heterocycles. The van der Waals surface area contributed by atoms with Crippen LogP contribution in [0.4, 0.5) is 0 Å². The molecule has 0 fully saturated rings. The van der Waals surface area contributed by atoms with Gasteiger partial charge in [0.15, 0.2) is 0 Å². The van der Waals surface area contributed by atoms with E-state index in [1.807, 2.05) is 0 Å². The van der Waals surface area contributed by atoms with Crippen LogP contribution in [0.25, 0.3) is 0 Å². The summed E-state index contributed by atoms with van der Waals surface area (Å²) in [5, 5.41) is 14.8. The molecule has 0 aliphatic carbocycles. The van der Waals surface area contributed by atoms with Gasteiger partial charge in [-0.25, -0.2) is 9.59 Å². The quantitative estimate of drug-likeness (QED) is 0.355. The number of carboxylic acids is 2. The van der Waals surface area contributed by atoms with Gasteiger partial charge < -0.3 is 43.1 Å². The Morgan fingerprint density at radius 3 is 0.692 bits per heavy atom. The Bertz CT molecular complexity index is 78.9. The van der Waals surface area contributed by atoms with Crippen molar-refractivity contribution >= 4 is 11.9 Å². The van der Waals surface area contributed by atoms with E-state index in [-0.39, 0.29) is 72.8 Å². The SMILES string of the molecule is O.O.O.O.O.O.O=C(O)C(=O)O.[Th]. The van der Waals surface area contributed by atoms with E-state index in [2.05, 4.69) is 0 Å². The van der Waals surface area contributed by atoms with Crippen LogP contribution in [0.5, 0.6) is 0 Å². The molecule has 0 heterocycles. The average Bonchev–Trinajstić information content (AvgIpc) is 1.36. The summed E-state index contributed by atoms with van der Waals surface area (Å²) in [6.07, 6.45) is 0. The topological polar surface area (TPSA) is 264 Å². The first-order valence-corrected chi connectivity index (χ1v) is 1.11. The molecular formula is C2H14O10Th. The van der Waals surface area contributed by atoms with Crippen LogP contribution in [0.15, 0.2) is 0 Å². The molecular weight excluding hydrogens is 416 g/mol. The monoisotopic (exact) mass is 430 g/mol. The van der Waals surface area contributed by atoms with E-state index < -0.39 is 11.9 Å². The largest absolute Gasteiger partial charge is 0.473 e. The van der Waals surface area contributed by atoms with Crippen molar-refractivity contribution in [3.05, 3.63) is 0 Å². The predicted molar refractivity (Wildman–Crippen MR) is 37.0 cm³/mol. The average molecular weight is 430 g/mol. The summed E-state index contributed by atoms with van der Waals surface area (Å²) in [4.78, 5) is 18.2. The Labute approximate surface area is 104 Å². The van der Waals surface area contributed by atoms with E-state index in [4.69, 9.17) is 19.8 Å². The molecule has 0 rings (SSSR count). The van der Waals surface area contributed by atoms with Gasteiger partial charge >= 0.3 is 11.9 Å². The van der Waals surface area contributed by atoms with Gasteiger partial charge in [0.05, 0.1) is 0 Å². The minimum atomic E-state index is -1.82. The predicted octanol–water partition coefficient (Wildman–Crippen LogP) is -5.79. The first-order chi connectivity index (χ1) is 2.64. The molecule has 0 aromatic carbocycles. The molecule has 0 atom stereocenters. The Morgan fingerprint density at radius 2 is 0.692 bits per heavy atom. The van der Waals surface area contributed by atoms with Gasteiger partial charge in [-0.1, -0.05) is 0 Å². The summed E-state index contributed by atoms with van der Waals surface area (Å²) in [7, 11) is 0. The maximum absolute atomic E-state index is 9.10. The van der Waals surface area contributed by atoms with Crippen molar-refractivity contribution in [2.75, 3.05) is 0 Å². The van der Waals surface area contributed by atoms with E-state index in [0.717, 1.165) is 0 Å². The molecule has 0 radical (unpaired) electrons. The van der Waals surface area contributed by atoms with E-state index >= 15 is 0 Å². The van der Waals surface area contributed by atoms with Crippen LogP contribution < -0.4 is 0 Å². The van der Waals surface area contributed by atoms with Gasteiger partial charge in [0.25, 0.3) is 0 Å². The second-order valence-electron chi connectivity index (χ2n) is 0.610. The third-order valence-corrected chi connectivity index (χ3v) is 0.183. The van der Waals surface area contributed by atoms with Crippen molar-refractivity contribution in [1.82, 2.24) is 0 Å². The minimum Gasteiger partial charge on any atom is -0.473 e. The van der Waals surface area contributed by atoms with Crippen LogP contribution in [0.3, 0.4) is 0 Å². The summed E-state index contributed by atoms with van der Waals surface area (Å²) < 4.78 is 0. The summed E-state index contributed by atoms with van der Waals surface area (Å²) in [6.45, 7) is 0. The summed E-state index contributed by atoms with van der Waals surface area (Å²) >= 11 is 0. The van der Waals surface area contributed by atoms with Crippen LogP contribution in [0.2, 0.25) is 0 Å². The fraction of sp³-hybridized carbons (Fsp3) is 0. The molecule has 0 aromatic rings. The number of hydrogen-bond donors (Lipinski definition) is 2. The molecule has 0 amide bonds. The Morgan fingerprint density at radius 1 is 0.615 bits per heavy atom. The van der Waals surface area contributed by atoms with Gasteiger partial charge in [-0.05, 0) is 0 Å². The van der Waals surface area contributed by atoms with Gasteiger partial charge in [0.1, 0.15) is 0 Å². The Kier molecular flexibility index (Phi) is 231. The van der Waals surface area contributed by atoms with E-state index in [9.17, 15) is 0 Å². The summed E-state index contributed by atoms with van der Waals surface area (Å²) in [6, 6.07) is 0. The Hall–Kier alpha value is 0.0247. The molecule has 0 unspecified atom stereocenters. The van der Waals surface area contributed by atoms with Gasteiger partial charge in [-0.15, -0.1) is 0 Å². The smallest absolute Gasteiger partial charge is 0.414 e. The molecule has 0 aromatic heterocycles. The molecule has 0 spiro atoms. The number of carboxylic acid groups (broad SMARTS) is 2. The van der Waals surface area contributed by atoms with Crippen LogP contribution in [-0.2, 0) is 9.59 Å². The van der Waals surface area contributed by atoms with Gasteiger partial charge in [0, 0.05) is 39.9 Å². The van der Waals surface area contributed by atoms with Crippen molar-refractivity contribution in [2.24, 2.45) is 0 Å². The molecule has 10 nitrogen and oxygen atoms in total. The zero-order valence-corrected chi connectivity index (χ0v) is 10.3. The molecule has 86 valence electrons. The third kappa shape index (κ3) is 74.6. The molecule has 13 heavy (non-hydrogen) atoms. The normalized spacial score (nSPS) is 3.38. The van der Waals surface area contributed by atoms with Crippen molar-refractivity contribution in [3.8, 4) is 0 Å². The van der Waals surface area contributed by atoms with Gasteiger partial charge in [-0.2, -0.15) is 0 Å². The first kappa shape index (κ1) is 74.6. The number of hydrogen-bond acceptors (Lipinski definition) is 2. The van der Waals surface area contributed by atoms with Crippen molar-refractivity contribution < 1.29 is 92.6 Å². The molecule has 0 bridgehead atoms. The number of aliphatic carboxylic acids is 2. The zero-order valence-electron chi connectivity index (χ0n) is 6.21. The maximum atomic E-state index is 9.10. The Balaban J connectivity index is -0.00000000595. The second-order valence-corrected chi connectivity index (χ2v) is 0.610. The molecule has 0 saturated heterocycles. The van der Waals surface area contributed by atoms with Crippen LogP contribution in [0, 0.1) is 39.9 Å². The maximum Gasteiger partial charge on any atom is 0.414 e. The fourth-order valence-electron chi connectivity index (χ4n) is 0. The van der Waals surface area contributed by atoms with Crippen LogP contribution in [-0.4, -0.2) is 55.0 Å². The van der Waals surface area contributed by atoms with Crippen LogP contribution in [0.1, 0.15) is 0 Å². The van der Waals surface area contributed by atoms with Crippen molar-refractivity contribution in [1.29, 1.82) is 0 Å². The summed E-state index contributed by atoms with van der Waals surface area (Å²) in [5.74, 6) is -3.65. The molecule has 0 saturated carbocycles. The van der Waals surface area contributed by atoms with E-state index in [1.54, 1.807) is 0 Å². The first-order valence-electron chi connectivity index (χ1n) is 1.11. The van der Waals surface area contributed by atoms with Gasteiger partial charge in [0.2, 0.25) is 0 Å². The molecule has 14 N–H and O–H groups in total. The van der Waals surface area contributed by atoms with Gasteiger partial charge in [-0.3, -0.25) is 0 Å². The zero-order chi connectivity index (χ0) is 5.15. The standard InChI is InChI=1S/C2H2O4.6H2O.Th/c3-1(4)2(5)6;;;;;;;/h(H,3,4)(H,5,6);6*1H2;. The van der Waals surface area contributed by atoms with Crippen LogP contribution >= 0.6 is 0 Å². The second kappa shape index (κ2) is 40.3. The molecule has 0 aliphatic rings.